The average Bonchev–Trinajstić information content (AvgIpc) is 2.35. The Hall–Kier alpha value is -2.42. The zero-order chi connectivity index (χ0) is 14.0. The summed E-state index contributed by atoms with van der Waals surface area (Å²) in [5.41, 5.74) is 4.91. The molecule has 19 heavy (non-hydrogen) atoms. The Balaban J connectivity index is 2.40. The smallest absolute Gasteiger partial charge is 0.265 e. The van der Waals surface area contributed by atoms with Crippen LogP contribution in [-0.4, -0.2) is 18.6 Å². The summed E-state index contributed by atoms with van der Waals surface area (Å²) in [5.74, 6) is -0.840. The van der Waals surface area contributed by atoms with Crippen LogP contribution >= 0.6 is 0 Å². The fraction of sp³-hybridized carbons (Fsp3) is 0. The number of nitrogens with two attached hydrogens (primary N) is 1. The molecule has 0 saturated carbocycles. The van der Waals surface area contributed by atoms with Crippen LogP contribution in [0.2, 0.25) is 0 Å². The number of nitrogens with one attached hydrogen (secondary N) is 2. The molecule has 100 valence electrons. The monoisotopic (exact) mass is 284 g/mol. The van der Waals surface area contributed by atoms with Gasteiger partial charge in [-0.25, -0.2) is 17.9 Å². The highest BCUT2D eigenvalue weighted by Crippen LogP contribution is 2.21. The van der Waals surface area contributed by atoms with Gasteiger partial charge in [0, 0.05) is 6.07 Å². The van der Waals surface area contributed by atoms with Gasteiger partial charge in [-0.1, -0.05) is 0 Å². The molecule has 7 nitrogen and oxygen atoms in total. The third-order valence-corrected chi connectivity index (χ3v) is 3.59. The molecule has 9 heteroatoms. The van der Waals surface area contributed by atoms with Crippen LogP contribution in [0.5, 0.6) is 0 Å². The van der Waals surface area contributed by atoms with E-state index in [0.717, 1.165) is 24.3 Å². The van der Waals surface area contributed by atoms with E-state index in [-0.39, 0.29) is 11.5 Å². The zero-order valence-corrected chi connectivity index (χ0v) is 10.2. The largest absolute Gasteiger partial charge is 0.398 e. The van der Waals surface area contributed by atoms with Crippen molar-refractivity contribution >= 4 is 21.5 Å². The second-order valence-corrected chi connectivity index (χ2v) is 5.24. The molecule has 0 atom stereocenters. The number of hydrogen-bond acceptors (Lipinski definition) is 5. The Labute approximate surface area is 107 Å². The van der Waals surface area contributed by atoms with Crippen LogP contribution < -0.4 is 16.0 Å². The first-order chi connectivity index (χ1) is 8.88. The van der Waals surface area contributed by atoms with E-state index in [1.165, 1.54) is 6.07 Å². The number of aromatic amines is 1. The molecule has 0 fully saturated rings. The molecule has 4 N–H and O–H groups in total. The zero-order valence-electron chi connectivity index (χ0n) is 9.42. The molecule has 0 bridgehead atoms. The summed E-state index contributed by atoms with van der Waals surface area (Å²) in [6.07, 6.45) is 0. The van der Waals surface area contributed by atoms with Gasteiger partial charge in [0.25, 0.3) is 15.6 Å². The predicted molar refractivity (Wildman–Crippen MR) is 66.5 cm³/mol. The summed E-state index contributed by atoms with van der Waals surface area (Å²) >= 11 is 0. The molecule has 0 aliphatic heterocycles. The first kappa shape index (κ1) is 13.0. The van der Waals surface area contributed by atoms with E-state index in [0.29, 0.717) is 0 Å². The normalized spacial score (nSPS) is 11.2. The van der Waals surface area contributed by atoms with Crippen LogP contribution in [0.3, 0.4) is 0 Å². The molecule has 1 aromatic carbocycles. The third kappa shape index (κ3) is 2.88. The lowest BCUT2D eigenvalue weighted by molar-refractivity contribution is 0.595. The van der Waals surface area contributed by atoms with Crippen molar-refractivity contribution in [2.45, 2.75) is 4.90 Å². The van der Waals surface area contributed by atoms with Crippen molar-refractivity contribution in [3.8, 4) is 0 Å². The van der Waals surface area contributed by atoms with Crippen LogP contribution in [-0.2, 0) is 10.0 Å². The second kappa shape index (κ2) is 4.69. The number of sulfonamides is 1. The molecule has 0 radical (unpaired) electrons. The fourth-order valence-electron chi connectivity index (χ4n) is 1.33. The van der Waals surface area contributed by atoms with E-state index < -0.39 is 26.3 Å². The summed E-state index contributed by atoms with van der Waals surface area (Å²) < 4.78 is 39.1. The van der Waals surface area contributed by atoms with E-state index in [9.17, 15) is 17.6 Å². The molecule has 0 aliphatic rings. The lowest BCUT2D eigenvalue weighted by Gasteiger charge is -2.08. The second-order valence-electron chi connectivity index (χ2n) is 3.59. The molecule has 1 aromatic heterocycles. The summed E-state index contributed by atoms with van der Waals surface area (Å²) in [4.78, 5) is 10.4. The highest BCUT2D eigenvalue weighted by molar-refractivity contribution is 7.92. The van der Waals surface area contributed by atoms with Crippen LogP contribution in [0, 0.1) is 5.82 Å². The van der Waals surface area contributed by atoms with Gasteiger partial charge in [-0.15, -0.1) is 0 Å². The summed E-state index contributed by atoms with van der Waals surface area (Å²) in [5, 5.41) is 5.54. The van der Waals surface area contributed by atoms with Crippen molar-refractivity contribution < 1.29 is 12.8 Å². The van der Waals surface area contributed by atoms with Gasteiger partial charge in [0.05, 0.1) is 5.69 Å². The maximum atomic E-state index is 13.1. The van der Waals surface area contributed by atoms with Crippen molar-refractivity contribution in [2.75, 3.05) is 10.5 Å². The van der Waals surface area contributed by atoms with E-state index in [1.807, 2.05) is 0 Å². The molecule has 2 rings (SSSR count). The lowest BCUT2D eigenvalue weighted by atomic mass is 10.3. The number of nitrogens with zero attached hydrogens (tertiary/aromatic N) is 1. The van der Waals surface area contributed by atoms with Gasteiger partial charge < -0.3 is 5.73 Å². The Morgan fingerprint density at radius 1 is 1.26 bits per heavy atom. The van der Waals surface area contributed by atoms with Crippen LogP contribution in [0.15, 0.2) is 40.0 Å². The predicted octanol–water partition coefficient (Wildman–Crippen LogP) is 0.292. The van der Waals surface area contributed by atoms with Gasteiger partial charge >= 0.3 is 0 Å². The highest BCUT2D eigenvalue weighted by Gasteiger charge is 2.19. The number of rotatable bonds is 3. The first-order valence-electron chi connectivity index (χ1n) is 5.02. The van der Waals surface area contributed by atoms with Crippen molar-refractivity contribution in [2.24, 2.45) is 0 Å². The summed E-state index contributed by atoms with van der Waals surface area (Å²) in [6, 6.07) is 5.26. The topological polar surface area (TPSA) is 118 Å². The van der Waals surface area contributed by atoms with Gasteiger partial charge in [0.15, 0.2) is 5.82 Å². The molecule has 0 spiro atoms. The van der Waals surface area contributed by atoms with Gasteiger partial charge in [-0.3, -0.25) is 9.52 Å². The third-order valence-electron chi connectivity index (χ3n) is 2.18. The number of nitrogen functional groups attached to an aromatic ring is 1. The molecule has 0 amide bonds. The Bertz CT molecular complexity index is 752. The number of H-pyrrole nitrogens is 1. The van der Waals surface area contributed by atoms with Gasteiger partial charge in [-0.2, -0.15) is 5.10 Å². The number of aromatic nitrogens is 2. The maximum absolute atomic E-state index is 13.1. The standard InChI is InChI=1S/C10H9FN4O3S/c11-6-1-2-7(12)8(5-6)19(17,18)15-9-3-4-10(16)14-13-9/h1-5H,12H2,(H,13,15)(H,14,16). The van der Waals surface area contributed by atoms with E-state index in [4.69, 9.17) is 5.73 Å². The molecular weight excluding hydrogens is 275 g/mol. The van der Waals surface area contributed by atoms with Gasteiger partial charge in [-0.05, 0) is 24.3 Å². The highest BCUT2D eigenvalue weighted by atomic mass is 32.2. The number of anilines is 2. The fourth-order valence-corrected chi connectivity index (χ4v) is 2.48. The average molecular weight is 284 g/mol. The number of halogens is 1. The van der Waals surface area contributed by atoms with Crippen molar-refractivity contribution in [1.29, 1.82) is 0 Å². The lowest BCUT2D eigenvalue weighted by Crippen LogP contribution is -2.17. The minimum absolute atomic E-state index is 0.0988. The minimum atomic E-state index is -4.08. The summed E-state index contributed by atoms with van der Waals surface area (Å²) in [7, 11) is -4.08. The molecule has 0 unspecified atom stereocenters. The van der Waals surface area contributed by atoms with Crippen molar-refractivity contribution in [3.63, 3.8) is 0 Å². The number of hydrogen-bond donors (Lipinski definition) is 3. The Kier molecular flexibility index (Phi) is 3.21. The molecular formula is C10H9FN4O3S. The van der Waals surface area contributed by atoms with E-state index in [1.54, 1.807) is 0 Å². The van der Waals surface area contributed by atoms with E-state index >= 15 is 0 Å². The first-order valence-corrected chi connectivity index (χ1v) is 6.50. The molecule has 0 aliphatic carbocycles. The number of benzene rings is 1. The van der Waals surface area contributed by atoms with Crippen molar-refractivity contribution in [1.82, 2.24) is 10.2 Å². The van der Waals surface area contributed by atoms with Crippen LogP contribution in [0.1, 0.15) is 0 Å². The SMILES string of the molecule is Nc1ccc(F)cc1S(=O)(=O)Nc1ccc(=O)[nH]n1. The minimum Gasteiger partial charge on any atom is -0.398 e. The van der Waals surface area contributed by atoms with Gasteiger partial charge in [0.1, 0.15) is 10.7 Å². The Morgan fingerprint density at radius 3 is 2.63 bits per heavy atom. The van der Waals surface area contributed by atoms with Crippen LogP contribution in [0.4, 0.5) is 15.9 Å². The maximum Gasteiger partial charge on any atom is 0.265 e. The van der Waals surface area contributed by atoms with Crippen molar-refractivity contribution in [3.05, 3.63) is 46.5 Å². The quantitative estimate of drug-likeness (QED) is 0.700. The summed E-state index contributed by atoms with van der Waals surface area (Å²) in [6.45, 7) is 0. The van der Waals surface area contributed by atoms with Gasteiger partial charge in [0.2, 0.25) is 0 Å². The molecule has 1 heterocycles. The Morgan fingerprint density at radius 2 is 2.00 bits per heavy atom. The van der Waals surface area contributed by atoms with E-state index in [2.05, 4.69) is 14.9 Å². The van der Waals surface area contributed by atoms with Crippen LogP contribution in [0.25, 0.3) is 0 Å². The molecule has 2 aromatic rings. The molecule has 0 saturated heterocycles.